The van der Waals surface area contributed by atoms with Crippen molar-refractivity contribution >= 4 is 11.9 Å². The van der Waals surface area contributed by atoms with Crippen LogP contribution in [0.15, 0.2) is 24.0 Å². The van der Waals surface area contributed by atoms with Crippen LogP contribution in [0.4, 0.5) is 8.78 Å². The maximum absolute atomic E-state index is 15.3. The van der Waals surface area contributed by atoms with Gasteiger partial charge >= 0.3 is 5.97 Å². The Morgan fingerprint density at radius 1 is 1.06 bits per heavy atom. The standard InChI is InChI=1S/C26H29F2NO4/c27-18-6-22(25(31)32)29(12-18)24(30)23-20(17-1-2-17)7-19(8-21(23)28)33-13-26-9-14-3-15(10-26)5-16(4-14)11-26/h6-8,14-17,22H,1-5,9-13H2,(H,31,32)/t14?,15?,16?,22-,26?/m0/s1. The Balaban J connectivity index is 1.25. The molecule has 1 aromatic carbocycles. The second kappa shape index (κ2) is 7.54. The summed E-state index contributed by atoms with van der Waals surface area (Å²) in [6.45, 7) is 0.124. The number of hydrogen-bond donors (Lipinski definition) is 1. The van der Waals surface area contributed by atoms with Crippen LogP contribution in [0.2, 0.25) is 0 Å². The number of amides is 1. The molecule has 1 aliphatic heterocycles. The summed E-state index contributed by atoms with van der Waals surface area (Å²) in [6.07, 6.45) is 10.2. The van der Waals surface area contributed by atoms with Crippen molar-refractivity contribution in [2.45, 2.75) is 63.3 Å². The molecule has 176 valence electrons. The highest BCUT2D eigenvalue weighted by Crippen LogP contribution is 2.60. The summed E-state index contributed by atoms with van der Waals surface area (Å²) in [7, 11) is 0. The van der Waals surface area contributed by atoms with E-state index in [0.717, 1.165) is 41.6 Å². The van der Waals surface area contributed by atoms with Gasteiger partial charge in [0, 0.05) is 11.5 Å². The maximum Gasteiger partial charge on any atom is 0.330 e. The quantitative estimate of drug-likeness (QED) is 0.648. The lowest BCUT2D eigenvalue weighted by Crippen LogP contribution is -2.48. The number of carbonyl (C=O) groups excluding carboxylic acids is 1. The van der Waals surface area contributed by atoms with E-state index in [9.17, 15) is 19.1 Å². The first kappa shape index (κ1) is 21.1. The Labute approximate surface area is 191 Å². The van der Waals surface area contributed by atoms with Gasteiger partial charge < -0.3 is 14.7 Å². The molecule has 6 aliphatic rings. The van der Waals surface area contributed by atoms with Crippen LogP contribution in [0.1, 0.15) is 73.2 Å². The maximum atomic E-state index is 15.3. The average molecular weight is 458 g/mol. The van der Waals surface area contributed by atoms with Gasteiger partial charge in [-0.25, -0.2) is 13.6 Å². The number of carbonyl (C=O) groups is 2. The smallest absolute Gasteiger partial charge is 0.330 e. The fourth-order valence-electron chi connectivity index (χ4n) is 7.45. The predicted octanol–water partition coefficient (Wildman–Crippen LogP) is 5.06. The molecule has 7 heteroatoms. The van der Waals surface area contributed by atoms with Crippen molar-refractivity contribution in [2.75, 3.05) is 13.2 Å². The molecule has 0 unspecified atom stereocenters. The van der Waals surface area contributed by atoms with Gasteiger partial charge in [0.05, 0.1) is 18.7 Å². The molecule has 5 nitrogen and oxygen atoms in total. The number of nitrogens with zero attached hydrogens (tertiary/aromatic N) is 1. The number of ether oxygens (including phenoxy) is 1. The van der Waals surface area contributed by atoms with Gasteiger partial charge in [-0.3, -0.25) is 4.79 Å². The lowest BCUT2D eigenvalue weighted by molar-refractivity contribution is -0.140. The topological polar surface area (TPSA) is 66.8 Å². The lowest BCUT2D eigenvalue weighted by atomic mass is 9.50. The summed E-state index contributed by atoms with van der Waals surface area (Å²) in [4.78, 5) is 25.5. The Morgan fingerprint density at radius 2 is 1.70 bits per heavy atom. The van der Waals surface area contributed by atoms with Gasteiger partial charge in [-0.15, -0.1) is 0 Å². The van der Waals surface area contributed by atoms with E-state index in [4.69, 9.17) is 4.74 Å². The number of carboxylic acid groups (broad SMARTS) is 1. The molecule has 1 amide bonds. The summed E-state index contributed by atoms with van der Waals surface area (Å²) < 4.78 is 35.3. The van der Waals surface area contributed by atoms with E-state index in [0.29, 0.717) is 17.9 Å². The number of rotatable bonds is 6. The van der Waals surface area contributed by atoms with Crippen molar-refractivity contribution in [3.8, 4) is 5.75 Å². The zero-order valence-corrected chi connectivity index (χ0v) is 18.6. The molecule has 5 aliphatic carbocycles. The molecule has 33 heavy (non-hydrogen) atoms. The molecule has 0 spiro atoms. The second-order valence-electron chi connectivity index (χ2n) is 11.2. The molecule has 1 heterocycles. The van der Waals surface area contributed by atoms with Crippen LogP contribution in [0.5, 0.6) is 5.75 Å². The Kier molecular flexibility index (Phi) is 4.82. The molecule has 5 saturated carbocycles. The minimum atomic E-state index is -1.42. The van der Waals surface area contributed by atoms with Crippen molar-refractivity contribution < 1.29 is 28.2 Å². The van der Waals surface area contributed by atoms with Crippen LogP contribution in [0, 0.1) is 29.0 Å². The molecular formula is C26H29F2NO4. The molecule has 0 aromatic heterocycles. The van der Waals surface area contributed by atoms with Crippen LogP contribution in [-0.4, -0.2) is 41.1 Å². The van der Waals surface area contributed by atoms with Crippen molar-refractivity contribution in [3.63, 3.8) is 0 Å². The second-order valence-corrected chi connectivity index (χ2v) is 11.2. The van der Waals surface area contributed by atoms with E-state index in [2.05, 4.69) is 0 Å². The normalized spacial score (nSPS) is 34.5. The van der Waals surface area contributed by atoms with Crippen LogP contribution in [0.3, 0.4) is 0 Å². The van der Waals surface area contributed by atoms with Gasteiger partial charge in [-0.05, 0) is 92.7 Å². The van der Waals surface area contributed by atoms with Crippen molar-refractivity contribution in [3.05, 3.63) is 41.0 Å². The molecule has 1 atom stereocenters. The first-order valence-corrected chi connectivity index (χ1v) is 12.2. The minimum absolute atomic E-state index is 0.0465. The predicted molar refractivity (Wildman–Crippen MR) is 116 cm³/mol. The van der Waals surface area contributed by atoms with Crippen LogP contribution < -0.4 is 4.74 Å². The monoisotopic (exact) mass is 457 g/mol. The Hall–Kier alpha value is -2.44. The van der Waals surface area contributed by atoms with Gasteiger partial charge in [0.1, 0.15) is 17.4 Å². The van der Waals surface area contributed by atoms with Crippen LogP contribution in [0.25, 0.3) is 0 Å². The molecule has 0 radical (unpaired) electrons. The van der Waals surface area contributed by atoms with E-state index in [-0.39, 0.29) is 16.9 Å². The fourth-order valence-corrected chi connectivity index (χ4v) is 7.45. The Bertz CT molecular complexity index is 1010. The van der Waals surface area contributed by atoms with Gasteiger partial charge in [0.15, 0.2) is 6.04 Å². The van der Waals surface area contributed by atoms with E-state index in [1.54, 1.807) is 6.07 Å². The molecular weight excluding hydrogens is 428 g/mol. The molecule has 7 rings (SSSR count). The average Bonchev–Trinajstić information content (AvgIpc) is 3.51. The first-order valence-electron chi connectivity index (χ1n) is 12.2. The van der Waals surface area contributed by atoms with E-state index < -0.39 is 36.1 Å². The zero-order valence-electron chi connectivity index (χ0n) is 18.6. The zero-order chi connectivity index (χ0) is 22.9. The lowest BCUT2D eigenvalue weighted by Gasteiger charge is -2.56. The first-order chi connectivity index (χ1) is 15.8. The summed E-state index contributed by atoms with van der Waals surface area (Å²) in [5, 5.41) is 9.37. The molecule has 1 aromatic rings. The third kappa shape index (κ3) is 3.73. The van der Waals surface area contributed by atoms with E-state index in [1.165, 1.54) is 44.6 Å². The Morgan fingerprint density at radius 3 is 2.27 bits per heavy atom. The van der Waals surface area contributed by atoms with Crippen molar-refractivity contribution in [2.24, 2.45) is 23.2 Å². The summed E-state index contributed by atoms with van der Waals surface area (Å²) in [5.41, 5.74) is 0.596. The third-order valence-electron chi connectivity index (χ3n) is 8.55. The summed E-state index contributed by atoms with van der Waals surface area (Å²) >= 11 is 0. The van der Waals surface area contributed by atoms with Crippen molar-refractivity contribution in [1.29, 1.82) is 0 Å². The third-order valence-corrected chi connectivity index (χ3v) is 8.55. The molecule has 5 fully saturated rings. The van der Waals surface area contributed by atoms with Crippen molar-refractivity contribution in [1.82, 2.24) is 4.90 Å². The van der Waals surface area contributed by atoms with Gasteiger partial charge in [0.2, 0.25) is 0 Å². The van der Waals surface area contributed by atoms with Gasteiger partial charge in [-0.1, -0.05) is 0 Å². The highest BCUT2D eigenvalue weighted by atomic mass is 19.1. The highest BCUT2D eigenvalue weighted by molar-refractivity contribution is 5.99. The number of hydrogen-bond acceptors (Lipinski definition) is 3. The summed E-state index contributed by atoms with van der Waals surface area (Å²) in [5.74, 6) is -0.646. The number of aliphatic carboxylic acids is 1. The minimum Gasteiger partial charge on any atom is -0.493 e. The SMILES string of the molecule is O=C(O)[C@@H]1C=C(F)CN1C(=O)c1c(F)cc(OCC23CC4CC(CC(C4)C2)C3)cc1C1CC1. The van der Waals surface area contributed by atoms with Gasteiger partial charge in [0.25, 0.3) is 5.91 Å². The highest BCUT2D eigenvalue weighted by Gasteiger charge is 2.51. The summed E-state index contributed by atoms with van der Waals surface area (Å²) in [6, 6.07) is 1.58. The molecule has 0 saturated heterocycles. The fraction of sp³-hybridized carbons (Fsp3) is 0.615. The number of halogens is 2. The van der Waals surface area contributed by atoms with E-state index in [1.807, 2.05) is 0 Å². The number of benzene rings is 1. The van der Waals surface area contributed by atoms with Gasteiger partial charge in [-0.2, -0.15) is 0 Å². The van der Waals surface area contributed by atoms with Crippen LogP contribution >= 0.6 is 0 Å². The van der Waals surface area contributed by atoms with E-state index >= 15 is 4.39 Å². The number of carboxylic acids is 1. The largest absolute Gasteiger partial charge is 0.493 e. The molecule has 1 N–H and O–H groups in total. The molecule has 4 bridgehead atoms. The van der Waals surface area contributed by atoms with Crippen LogP contribution in [-0.2, 0) is 4.79 Å².